The molecule has 0 radical (unpaired) electrons. The lowest BCUT2D eigenvalue weighted by molar-refractivity contribution is -0.121. The monoisotopic (exact) mass is 340 g/mol. The first kappa shape index (κ1) is 19.5. The van der Waals surface area contributed by atoms with E-state index in [9.17, 15) is 9.59 Å². The van der Waals surface area contributed by atoms with Crippen molar-refractivity contribution in [2.24, 2.45) is 0 Å². The molecule has 128 valence electrons. The number of nitrogens with one attached hydrogen (secondary N) is 2. The number of carbonyl (C=O) groups is 2. The van der Waals surface area contributed by atoms with Gasteiger partial charge in [0.25, 0.3) is 0 Å². The van der Waals surface area contributed by atoms with Gasteiger partial charge in [0.1, 0.15) is 5.75 Å². The van der Waals surface area contributed by atoms with E-state index >= 15 is 0 Å². The maximum Gasteiger partial charge on any atom is 0.220 e. The Morgan fingerprint density at radius 2 is 1.83 bits per heavy atom. The van der Waals surface area contributed by atoms with Crippen molar-refractivity contribution in [2.45, 2.75) is 38.6 Å². The minimum atomic E-state index is -0.0359. The van der Waals surface area contributed by atoms with Crippen LogP contribution in [0.25, 0.3) is 0 Å². The number of halogens is 1. The molecule has 1 aliphatic rings. The summed E-state index contributed by atoms with van der Waals surface area (Å²) in [4.78, 5) is 24.0. The van der Waals surface area contributed by atoms with Crippen LogP contribution >= 0.6 is 12.4 Å². The van der Waals surface area contributed by atoms with Crippen molar-refractivity contribution >= 4 is 24.1 Å². The largest absolute Gasteiger partial charge is 0.494 e. The Bertz CT molecular complexity index is 499. The highest BCUT2D eigenvalue weighted by molar-refractivity contribution is 5.98. The topological polar surface area (TPSA) is 67.4 Å². The normalized spacial score (nSPS) is 14.7. The third kappa shape index (κ3) is 6.59. The summed E-state index contributed by atoms with van der Waals surface area (Å²) in [5.74, 6) is 0.706. The van der Waals surface area contributed by atoms with Crippen molar-refractivity contribution < 1.29 is 14.3 Å². The van der Waals surface area contributed by atoms with Gasteiger partial charge in [0, 0.05) is 24.4 Å². The average molecular weight is 341 g/mol. The molecule has 5 nitrogen and oxygen atoms in total. The Kier molecular flexibility index (Phi) is 8.66. The Morgan fingerprint density at radius 1 is 1.17 bits per heavy atom. The van der Waals surface area contributed by atoms with E-state index in [-0.39, 0.29) is 43.0 Å². The van der Waals surface area contributed by atoms with Crippen LogP contribution < -0.4 is 15.4 Å². The van der Waals surface area contributed by atoms with Gasteiger partial charge in [0.05, 0.1) is 6.61 Å². The number of Topliss-reactive ketones (excluding diaryl/α,β-unsaturated/α-hetero) is 1. The smallest absolute Gasteiger partial charge is 0.220 e. The fourth-order valence-electron chi connectivity index (χ4n) is 2.54. The molecule has 6 heteroatoms. The van der Waals surface area contributed by atoms with E-state index in [1.54, 1.807) is 24.3 Å². The van der Waals surface area contributed by atoms with Crippen molar-refractivity contribution in [3.63, 3.8) is 0 Å². The molecule has 0 saturated carbocycles. The van der Waals surface area contributed by atoms with Crippen molar-refractivity contribution in [3.05, 3.63) is 29.8 Å². The summed E-state index contributed by atoms with van der Waals surface area (Å²) in [6.45, 7) is 4.40. The lowest BCUT2D eigenvalue weighted by atomic mass is 10.0. The molecule has 0 unspecified atom stereocenters. The second-order valence-electron chi connectivity index (χ2n) is 5.47. The van der Waals surface area contributed by atoms with E-state index in [0.29, 0.717) is 12.2 Å². The van der Waals surface area contributed by atoms with E-state index in [2.05, 4.69) is 10.6 Å². The van der Waals surface area contributed by atoms with E-state index < -0.39 is 0 Å². The van der Waals surface area contributed by atoms with Gasteiger partial charge < -0.3 is 15.4 Å². The molecule has 23 heavy (non-hydrogen) atoms. The average Bonchev–Trinajstić information content (AvgIpc) is 2.54. The van der Waals surface area contributed by atoms with Crippen LogP contribution in [0.15, 0.2) is 24.3 Å². The molecule has 1 aliphatic heterocycles. The quantitative estimate of drug-likeness (QED) is 0.748. The van der Waals surface area contributed by atoms with Gasteiger partial charge in [-0.3, -0.25) is 9.59 Å². The maximum atomic E-state index is 12.1. The van der Waals surface area contributed by atoms with Crippen LogP contribution in [0, 0.1) is 0 Å². The highest BCUT2D eigenvalue weighted by Gasteiger charge is 2.16. The molecule has 2 rings (SSSR count). The summed E-state index contributed by atoms with van der Waals surface area (Å²) in [6.07, 6.45) is 2.40. The number of hydrogen-bond acceptors (Lipinski definition) is 4. The van der Waals surface area contributed by atoms with Crippen LogP contribution in [0.1, 0.15) is 43.0 Å². The molecule has 0 spiro atoms. The first-order valence-electron chi connectivity index (χ1n) is 7.95. The zero-order chi connectivity index (χ0) is 15.8. The van der Waals surface area contributed by atoms with E-state index in [0.717, 1.165) is 31.7 Å². The molecule has 0 aromatic heterocycles. The second-order valence-corrected chi connectivity index (χ2v) is 5.47. The predicted octanol–water partition coefficient (Wildman–Crippen LogP) is 2.34. The second kappa shape index (κ2) is 10.2. The standard InChI is InChI=1S/C17H24N2O3.ClH/c1-2-22-15-5-3-13(4-6-15)16(20)7-8-17(21)19-14-9-11-18-12-10-14;/h3-6,14,18H,2,7-12H2,1H3,(H,19,21);1H. The number of piperidine rings is 1. The third-order valence-electron chi connectivity index (χ3n) is 3.77. The van der Waals surface area contributed by atoms with Gasteiger partial charge in [0.2, 0.25) is 5.91 Å². The van der Waals surface area contributed by atoms with E-state index in [1.807, 2.05) is 6.92 Å². The summed E-state index contributed by atoms with van der Waals surface area (Å²) in [6, 6.07) is 7.31. The minimum Gasteiger partial charge on any atom is -0.494 e. The lowest BCUT2D eigenvalue weighted by Gasteiger charge is -2.23. The summed E-state index contributed by atoms with van der Waals surface area (Å²) in [5.41, 5.74) is 0.623. The SMILES string of the molecule is CCOc1ccc(C(=O)CCC(=O)NC2CCNCC2)cc1.Cl. The van der Waals surface area contributed by atoms with Gasteiger partial charge in [-0.1, -0.05) is 0 Å². The van der Waals surface area contributed by atoms with Crippen LogP contribution in [-0.2, 0) is 4.79 Å². The predicted molar refractivity (Wildman–Crippen MR) is 92.5 cm³/mol. The molecule has 1 amide bonds. The summed E-state index contributed by atoms with van der Waals surface area (Å²) in [7, 11) is 0. The zero-order valence-electron chi connectivity index (χ0n) is 13.5. The highest BCUT2D eigenvalue weighted by atomic mass is 35.5. The molecule has 1 saturated heterocycles. The number of amides is 1. The first-order chi connectivity index (χ1) is 10.7. The van der Waals surface area contributed by atoms with Crippen molar-refractivity contribution in [1.29, 1.82) is 0 Å². The maximum absolute atomic E-state index is 12.1. The fourth-order valence-corrected chi connectivity index (χ4v) is 2.54. The third-order valence-corrected chi connectivity index (χ3v) is 3.77. The minimum absolute atomic E-state index is 0. The molecule has 1 heterocycles. The fraction of sp³-hybridized carbons (Fsp3) is 0.529. The molecule has 0 atom stereocenters. The molecule has 1 aromatic carbocycles. The van der Waals surface area contributed by atoms with Crippen molar-refractivity contribution in [1.82, 2.24) is 10.6 Å². The highest BCUT2D eigenvalue weighted by Crippen LogP contribution is 2.14. The molecular formula is C17H25ClN2O3. The first-order valence-corrected chi connectivity index (χ1v) is 7.95. The number of ether oxygens (including phenoxy) is 1. The number of hydrogen-bond donors (Lipinski definition) is 2. The van der Waals surface area contributed by atoms with E-state index in [1.165, 1.54) is 0 Å². The number of ketones is 1. The molecule has 1 fully saturated rings. The van der Waals surface area contributed by atoms with Gasteiger partial charge in [0.15, 0.2) is 5.78 Å². The van der Waals surface area contributed by atoms with Crippen molar-refractivity contribution in [2.75, 3.05) is 19.7 Å². The summed E-state index contributed by atoms with van der Waals surface area (Å²) < 4.78 is 5.34. The zero-order valence-corrected chi connectivity index (χ0v) is 14.3. The lowest BCUT2D eigenvalue weighted by Crippen LogP contribution is -2.42. The van der Waals surface area contributed by atoms with Gasteiger partial charge >= 0.3 is 0 Å². The van der Waals surface area contributed by atoms with Gasteiger partial charge in [-0.15, -0.1) is 12.4 Å². The summed E-state index contributed by atoms with van der Waals surface area (Å²) >= 11 is 0. The summed E-state index contributed by atoms with van der Waals surface area (Å²) in [5, 5.41) is 6.26. The Morgan fingerprint density at radius 3 is 2.43 bits per heavy atom. The van der Waals surface area contributed by atoms with Crippen molar-refractivity contribution in [3.8, 4) is 5.75 Å². The molecule has 0 bridgehead atoms. The van der Waals surface area contributed by atoms with Crippen LogP contribution in [0.2, 0.25) is 0 Å². The number of rotatable bonds is 7. The Balaban J connectivity index is 0.00000264. The number of benzene rings is 1. The van der Waals surface area contributed by atoms with Gasteiger partial charge in [-0.25, -0.2) is 0 Å². The number of carbonyl (C=O) groups excluding carboxylic acids is 2. The molecule has 0 aliphatic carbocycles. The molecular weight excluding hydrogens is 316 g/mol. The van der Waals surface area contributed by atoms with Gasteiger partial charge in [-0.05, 0) is 57.1 Å². The van der Waals surface area contributed by atoms with Crippen LogP contribution in [-0.4, -0.2) is 37.4 Å². The van der Waals surface area contributed by atoms with Crippen LogP contribution in [0.3, 0.4) is 0 Å². The van der Waals surface area contributed by atoms with Crippen LogP contribution in [0.4, 0.5) is 0 Å². The van der Waals surface area contributed by atoms with Gasteiger partial charge in [-0.2, -0.15) is 0 Å². The van der Waals surface area contributed by atoms with E-state index in [4.69, 9.17) is 4.74 Å². The van der Waals surface area contributed by atoms with Crippen LogP contribution in [0.5, 0.6) is 5.75 Å². The molecule has 2 N–H and O–H groups in total. The Hall–Kier alpha value is -1.59. The molecule has 1 aromatic rings. The Labute approximate surface area is 143 Å².